The fourth-order valence-corrected chi connectivity index (χ4v) is 4.71. The highest BCUT2D eigenvalue weighted by molar-refractivity contribution is 6.27. The number of rotatable bonds is 11. The maximum absolute atomic E-state index is 14.6. The summed E-state index contributed by atoms with van der Waals surface area (Å²) >= 11 is 5.64. The molecule has 4 aromatic carbocycles. The predicted molar refractivity (Wildman–Crippen MR) is 145 cm³/mol. The van der Waals surface area contributed by atoms with Crippen LogP contribution >= 0.6 is 11.9 Å². The van der Waals surface area contributed by atoms with E-state index in [0.717, 1.165) is 0 Å². The Morgan fingerprint density at radius 3 is 1.50 bits per heavy atom. The number of benzene rings is 4. The number of methoxy groups -OCH3 is 2. The molecule has 0 heterocycles. The summed E-state index contributed by atoms with van der Waals surface area (Å²) in [6.45, 7) is 0. The second kappa shape index (κ2) is 11.8. The minimum Gasteiger partial charge on any atom is -0.496 e. The first-order valence-corrected chi connectivity index (χ1v) is 12.1. The lowest BCUT2D eigenvalue weighted by Gasteiger charge is -2.32. The summed E-state index contributed by atoms with van der Waals surface area (Å²) < 4.78 is 15.8. The molecule has 0 saturated carbocycles. The van der Waals surface area contributed by atoms with E-state index < -0.39 is 29.2 Å². The highest BCUT2D eigenvalue weighted by Gasteiger charge is 2.51. The van der Waals surface area contributed by atoms with Gasteiger partial charge in [0, 0.05) is 6.42 Å². The molecule has 0 aliphatic carbocycles. The Kier molecular flexibility index (Phi) is 8.24. The molecule has 0 radical (unpaired) electrons. The van der Waals surface area contributed by atoms with Gasteiger partial charge in [-0.25, -0.2) is 0 Å². The van der Waals surface area contributed by atoms with E-state index in [9.17, 15) is 14.4 Å². The average Bonchev–Trinajstić information content (AvgIpc) is 2.99. The van der Waals surface area contributed by atoms with Crippen LogP contribution in [0.25, 0.3) is 0 Å². The third-order valence-corrected chi connectivity index (χ3v) is 6.61. The van der Waals surface area contributed by atoms with Crippen molar-refractivity contribution in [3.63, 3.8) is 0 Å². The number of para-hydroxylation sites is 3. The number of halogens is 1. The maximum Gasteiger partial charge on any atom is 0.185 e. The third-order valence-electron chi connectivity index (χ3n) is 6.44. The molecule has 0 atom stereocenters. The van der Waals surface area contributed by atoms with Gasteiger partial charge in [-0.2, -0.15) is 0 Å². The van der Waals surface area contributed by atoms with E-state index in [-0.39, 0.29) is 33.9 Å². The predicted octanol–water partition coefficient (Wildman–Crippen LogP) is 6.51. The molecular formula is C31H25ClO6. The van der Waals surface area contributed by atoms with E-state index in [1.165, 1.54) is 26.4 Å². The molecule has 4 rings (SSSR count). The molecular weight excluding hydrogens is 504 g/mol. The number of hydrogen-bond acceptors (Lipinski definition) is 6. The van der Waals surface area contributed by atoms with Gasteiger partial charge in [0.25, 0.3) is 0 Å². The van der Waals surface area contributed by atoms with Gasteiger partial charge < -0.3 is 13.8 Å². The maximum atomic E-state index is 14.6. The van der Waals surface area contributed by atoms with Crippen molar-refractivity contribution in [2.45, 2.75) is 11.8 Å². The molecule has 0 spiro atoms. The van der Waals surface area contributed by atoms with Gasteiger partial charge in [0.15, 0.2) is 23.1 Å². The van der Waals surface area contributed by atoms with Gasteiger partial charge in [-0.15, -0.1) is 0 Å². The standard InChI is InChI=1S/C31H25ClO6/c1-36-26-17-9-7-15-23(26)29(34)31(21-12-4-3-5-13-21,30(35)24-16-8-10-18-27(24)37-2)20-25(33)22-14-6-11-19-28(22)38-32/h3-19H,20H2,1-2H3. The van der Waals surface area contributed by atoms with Crippen molar-refractivity contribution >= 4 is 29.2 Å². The van der Waals surface area contributed by atoms with Gasteiger partial charge >= 0.3 is 0 Å². The van der Waals surface area contributed by atoms with Crippen LogP contribution in [0.15, 0.2) is 103 Å². The van der Waals surface area contributed by atoms with E-state index in [1.54, 1.807) is 91.0 Å². The highest BCUT2D eigenvalue weighted by atomic mass is 35.5. The van der Waals surface area contributed by atoms with Crippen LogP contribution in [0.2, 0.25) is 0 Å². The molecule has 0 bridgehead atoms. The first kappa shape index (κ1) is 26.6. The van der Waals surface area contributed by atoms with Crippen molar-refractivity contribution in [3.8, 4) is 17.2 Å². The summed E-state index contributed by atoms with van der Waals surface area (Å²) in [6, 6.07) is 28.2. The second-order valence-electron chi connectivity index (χ2n) is 8.50. The number of Topliss-reactive ketones (excluding diaryl/α,β-unsaturated/α-hetero) is 3. The zero-order valence-corrected chi connectivity index (χ0v) is 21.6. The Morgan fingerprint density at radius 1 is 0.605 bits per heavy atom. The number of ketones is 3. The molecule has 4 aromatic rings. The van der Waals surface area contributed by atoms with Crippen LogP contribution < -0.4 is 13.8 Å². The summed E-state index contributed by atoms with van der Waals surface area (Å²) in [5.41, 5.74) is -1.15. The summed E-state index contributed by atoms with van der Waals surface area (Å²) in [6.07, 6.45) is -0.498. The van der Waals surface area contributed by atoms with E-state index in [2.05, 4.69) is 0 Å². The molecule has 0 saturated heterocycles. The van der Waals surface area contributed by atoms with Gasteiger partial charge in [0.2, 0.25) is 0 Å². The van der Waals surface area contributed by atoms with Crippen LogP contribution in [0.3, 0.4) is 0 Å². The smallest absolute Gasteiger partial charge is 0.185 e. The van der Waals surface area contributed by atoms with E-state index in [0.29, 0.717) is 5.56 Å². The summed E-state index contributed by atoms with van der Waals surface area (Å²) in [7, 11) is 2.88. The van der Waals surface area contributed by atoms with E-state index in [4.69, 9.17) is 25.6 Å². The van der Waals surface area contributed by atoms with Gasteiger partial charge in [-0.3, -0.25) is 14.4 Å². The van der Waals surface area contributed by atoms with Crippen LogP contribution in [0.1, 0.15) is 43.1 Å². The number of carbonyl (C=O) groups excluding carboxylic acids is 3. The van der Waals surface area contributed by atoms with Gasteiger partial charge in [0.1, 0.15) is 28.8 Å². The topological polar surface area (TPSA) is 78.9 Å². The molecule has 192 valence electrons. The Balaban J connectivity index is 2.03. The molecule has 0 fully saturated rings. The van der Waals surface area contributed by atoms with Crippen LogP contribution in [0.5, 0.6) is 17.2 Å². The molecule has 38 heavy (non-hydrogen) atoms. The first-order valence-electron chi connectivity index (χ1n) is 11.8. The molecule has 0 N–H and O–H groups in total. The van der Waals surface area contributed by atoms with Gasteiger partial charge in [-0.1, -0.05) is 66.7 Å². The number of hydrogen-bond donors (Lipinski definition) is 0. The Labute approximate surface area is 225 Å². The van der Waals surface area contributed by atoms with Crippen molar-refractivity contribution in [1.29, 1.82) is 0 Å². The fourth-order valence-electron chi connectivity index (χ4n) is 4.58. The molecule has 7 heteroatoms. The van der Waals surface area contributed by atoms with Crippen LogP contribution in [-0.2, 0) is 5.41 Å². The minimum atomic E-state index is -1.97. The SMILES string of the molecule is COc1ccccc1C(=O)C(CC(=O)c1ccccc1OCl)(C(=O)c1ccccc1OC)c1ccccc1. The molecule has 0 aliphatic rings. The van der Waals surface area contributed by atoms with Gasteiger partial charge in [-0.05, 0) is 42.0 Å². The van der Waals surface area contributed by atoms with Crippen molar-refractivity contribution < 1.29 is 28.1 Å². The van der Waals surface area contributed by atoms with Crippen LogP contribution in [0.4, 0.5) is 0 Å². The number of ether oxygens (including phenoxy) is 2. The number of carbonyl (C=O) groups is 3. The van der Waals surface area contributed by atoms with Gasteiger partial charge in [0.05, 0.1) is 30.9 Å². The normalized spacial score (nSPS) is 10.9. The lowest BCUT2D eigenvalue weighted by Crippen LogP contribution is -2.46. The van der Waals surface area contributed by atoms with Crippen molar-refractivity contribution in [1.82, 2.24) is 0 Å². The highest BCUT2D eigenvalue weighted by Crippen LogP contribution is 2.41. The zero-order valence-electron chi connectivity index (χ0n) is 20.8. The quantitative estimate of drug-likeness (QED) is 0.163. The first-order chi connectivity index (χ1) is 18.5. The third kappa shape index (κ3) is 4.91. The minimum absolute atomic E-state index is 0.121. The lowest BCUT2D eigenvalue weighted by atomic mass is 9.66. The molecule has 0 aliphatic heterocycles. The largest absolute Gasteiger partial charge is 0.496 e. The summed E-state index contributed by atoms with van der Waals surface area (Å²) in [4.78, 5) is 43.2. The molecule has 0 aromatic heterocycles. The molecule has 0 unspecified atom stereocenters. The Morgan fingerprint density at radius 2 is 1.03 bits per heavy atom. The van der Waals surface area contributed by atoms with Crippen molar-refractivity contribution in [3.05, 3.63) is 125 Å². The fraction of sp³-hybridized carbons (Fsp3) is 0.129. The molecule has 0 amide bonds. The zero-order chi connectivity index (χ0) is 27.1. The monoisotopic (exact) mass is 528 g/mol. The molecule has 6 nitrogen and oxygen atoms in total. The van der Waals surface area contributed by atoms with Crippen molar-refractivity contribution in [2.24, 2.45) is 0 Å². The summed E-state index contributed by atoms with van der Waals surface area (Å²) in [5.74, 6) is -0.998. The van der Waals surface area contributed by atoms with E-state index >= 15 is 0 Å². The van der Waals surface area contributed by atoms with Crippen molar-refractivity contribution in [2.75, 3.05) is 14.2 Å². The Bertz CT molecular complexity index is 1400. The average molecular weight is 529 g/mol. The van der Waals surface area contributed by atoms with Crippen LogP contribution in [-0.4, -0.2) is 31.6 Å². The lowest BCUT2D eigenvalue weighted by molar-refractivity contribution is 0.0709. The van der Waals surface area contributed by atoms with Crippen LogP contribution in [0, 0.1) is 0 Å². The second-order valence-corrected chi connectivity index (χ2v) is 8.66. The summed E-state index contributed by atoms with van der Waals surface area (Å²) in [5, 5.41) is 0. The Hall–Kier alpha value is -4.42. The van der Waals surface area contributed by atoms with E-state index in [1.807, 2.05) is 0 Å².